The second kappa shape index (κ2) is 6.77. The number of fused-ring (bicyclic) bond motifs is 6. The zero-order valence-corrected chi connectivity index (χ0v) is 18.9. The van der Waals surface area contributed by atoms with Crippen LogP contribution in [0.3, 0.4) is 0 Å². The van der Waals surface area contributed by atoms with Crippen molar-refractivity contribution in [3.63, 3.8) is 0 Å². The third-order valence-electron chi connectivity index (χ3n) is 6.28. The lowest BCUT2D eigenvalue weighted by atomic mass is 9.93. The molecule has 160 valence electrons. The Morgan fingerprint density at radius 2 is 1.88 bits per heavy atom. The molecule has 6 rings (SSSR count). The smallest absolute Gasteiger partial charge is 0.270 e. The molecule has 2 aromatic carbocycles. The highest BCUT2D eigenvalue weighted by molar-refractivity contribution is 7.07. The van der Waals surface area contributed by atoms with Crippen LogP contribution in [-0.2, 0) is 0 Å². The highest BCUT2D eigenvalue weighted by atomic mass is 32.1. The van der Waals surface area contributed by atoms with Crippen LogP contribution in [0.1, 0.15) is 41.9 Å². The number of hydrogen-bond donors (Lipinski definition) is 0. The van der Waals surface area contributed by atoms with Crippen molar-refractivity contribution in [2.24, 2.45) is 4.99 Å². The lowest BCUT2D eigenvalue weighted by molar-refractivity contribution is 0.0410. The normalized spacial score (nSPS) is 21.5. The van der Waals surface area contributed by atoms with E-state index in [0.717, 1.165) is 34.0 Å². The van der Waals surface area contributed by atoms with Gasteiger partial charge in [-0.15, -0.1) is 0 Å². The van der Waals surface area contributed by atoms with Crippen LogP contribution in [0.25, 0.3) is 11.8 Å². The number of aryl methyl sites for hydroxylation is 1. The zero-order chi connectivity index (χ0) is 22.0. The topological polar surface area (TPSA) is 61.4 Å². The van der Waals surface area contributed by atoms with Crippen LogP contribution in [0, 0.1) is 13.8 Å². The first-order valence-electron chi connectivity index (χ1n) is 10.7. The van der Waals surface area contributed by atoms with Gasteiger partial charge in [-0.3, -0.25) is 9.36 Å². The van der Waals surface area contributed by atoms with Crippen LogP contribution < -0.4 is 19.6 Å². The summed E-state index contributed by atoms with van der Waals surface area (Å²) in [5, 5.41) is 4.72. The van der Waals surface area contributed by atoms with Crippen LogP contribution in [0.15, 0.2) is 64.4 Å². The molecule has 2 aliphatic rings. The first kappa shape index (κ1) is 19.3. The molecule has 4 heterocycles. The Labute approximate surface area is 188 Å². The Kier molecular flexibility index (Phi) is 4.07. The molecule has 0 aliphatic carbocycles. The number of hydrogen-bond acceptors (Lipinski definition) is 5. The lowest BCUT2D eigenvalue weighted by Gasteiger charge is -2.39. The Morgan fingerprint density at radius 3 is 2.69 bits per heavy atom. The maximum Gasteiger partial charge on any atom is 0.270 e. The summed E-state index contributed by atoms with van der Waals surface area (Å²) in [6.45, 7) is 6.00. The van der Waals surface area contributed by atoms with Gasteiger partial charge < -0.3 is 4.74 Å². The van der Waals surface area contributed by atoms with E-state index in [1.807, 2.05) is 90.7 Å². The predicted octanol–water partition coefficient (Wildman–Crippen LogP) is 3.26. The fraction of sp³-hybridized carbons (Fsp3) is 0.240. The number of thiazole rings is 1. The van der Waals surface area contributed by atoms with E-state index in [-0.39, 0.29) is 11.6 Å². The molecule has 7 heteroatoms. The van der Waals surface area contributed by atoms with E-state index in [2.05, 4.69) is 0 Å². The first-order valence-corrected chi connectivity index (χ1v) is 11.5. The van der Waals surface area contributed by atoms with Gasteiger partial charge in [-0.2, -0.15) is 5.10 Å². The van der Waals surface area contributed by atoms with Gasteiger partial charge in [0.05, 0.1) is 22.0 Å². The van der Waals surface area contributed by atoms with Crippen molar-refractivity contribution in [1.82, 2.24) is 14.3 Å². The van der Waals surface area contributed by atoms with Crippen LogP contribution in [0.2, 0.25) is 0 Å². The molecule has 2 atom stereocenters. The molecule has 0 amide bonds. The van der Waals surface area contributed by atoms with Gasteiger partial charge in [0.2, 0.25) is 5.72 Å². The molecule has 2 bridgehead atoms. The predicted molar refractivity (Wildman–Crippen MR) is 124 cm³/mol. The van der Waals surface area contributed by atoms with E-state index in [4.69, 9.17) is 14.8 Å². The largest absolute Gasteiger partial charge is 0.466 e. The number of para-hydroxylation sites is 2. The van der Waals surface area contributed by atoms with Crippen LogP contribution >= 0.6 is 11.3 Å². The minimum atomic E-state index is -0.655. The van der Waals surface area contributed by atoms with E-state index in [0.29, 0.717) is 15.8 Å². The van der Waals surface area contributed by atoms with Gasteiger partial charge in [0, 0.05) is 23.2 Å². The molecule has 0 saturated carbocycles. The second-order valence-corrected chi connectivity index (χ2v) is 9.56. The van der Waals surface area contributed by atoms with E-state index in [1.54, 1.807) is 0 Å². The lowest BCUT2D eigenvalue weighted by Crippen LogP contribution is -2.49. The number of rotatable bonds is 2. The molecule has 0 spiro atoms. The molecule has 6 nitrogen and oxygen atoms in total. The summed E-state index contributed by atoms with van der Waals surface area (Å²) in [6, 6.07) is 17.9. The zero-order valence-electron chi connectivity index (χ0n) is 18.1. The summed E-state index contributed by atoms with van der Waals surface area (Å²) in [4.78, 5) is 19.1. The third kappa shape index (κ3) is 2.81. The number of aromatic nitrogens is 3. The molecular weight excluding hydrogens is 420 g/mol. The fourth-order valence-corrected chi connectivity index (χ4v) is 5.86. The molecule has 32 heavy (non-hydrogen) atoms. The highest BCUT2D eigenvalue weighted by Crippen LogP contribution is 2.42. The van der Waals surface area contributed by atoms with Crippen molar-refractivity contribution < 1.29 is 4.74 Å². The maximum absolute atomic E-state index is 13.5. The average molecular weight is 443 g/mol. The van der Waals surface area contributed by atoms with Crippen molar-refractivity contribution in [1.29, 1.82) is 0 Å². The Balaban J connectivity index is 1.54. The quantitative estimate of drug-likeness (QED) is 0.479. The number of ether oxygens (including phenoxy) is 1. The minimum absolute atomic E-state index is 0.0104. The van der Waals surface area contributed by atoms with Crippen LogP contribution in [-0.4, -0.2) is 20.1 Å². The average Bonchev–Trinajstić information content (AvgIpc) is 3.24. The van der Waals surface area contributed by atoms with Crippen molar-refractivity contribution >= 4 is 17.4 Å². The Hall–Kier alpha value is -3.45. The molecule has 0 radical (unpaired) electrons. The SMILES string of the molecule is Cc1nn(-c2ccccc2)c(C)c1C=c1sc2n(c1=O)C1CC(C)(N=2)Oc2ccccc21. The van der Waals surface area contributed by atoms with Gasteiger partial charge in [-0.25, -0.2) is 9.67 Å². The standard InChI is InChI=1S/C25H22N4O2S/c1-15-19(16(2)29(27-15)17-9-5-4-6-10-17)13-22-23(30)28-20-14-25(3,26-24(28)32-22)31-21-12-8-7-11-18(20)21/h4-13,20H,14H2,1-3H3. The molecule has 2 aromatic heterocycles. The van der Waals surface area contributed by atoms with Crippen molar-refractivity contribution in [2.75, 3.05) is 0 Å². The summed E-state index contributed by atoms with van der Waals surface area (Å²) in [7, 11) is 0. The Morgan fingerprint density at radius 1 is 1.12 bits per heavy atom. The molecule has 2 aliphatic heterocycles. The van der Waals surface area contributed by atoms with Gasteiger partial charge >= 0.3 is 0 Å². The summed E-state index contributed by atoms with van der Waals surface area (Å²) >= 11 is 1.42. The van der Waals surface area contributed by atoms with Gasteiger partial charge in [0.25, 0.3) is 5.56 Å². The van der Waals surface area contributed by atoms with E-state index < -0.39 is 5.72 Å². The summed E-state index contributed by atoms with van der Waals surface area (Å²) < 4.78 is 10.6. The number of nitrogens with zero attached hydrogens (tertiary/aromatic N) is 4. The van der Waals surface area contributed by atoms with Crippen LogP contribution in [0.4, 0.5) is 0 Å². The maximum atomic E-state index is 13.5. The molecule has 0 N–H and O–H groups in total. The summed E-state index contributed by atoms with van der Waals surface area (Å²) in [6.07, 6.45) is 2.61. The van der Waals surface area contributed by atoms with Crippen molar-refractivity contribution in [3.05, 3.63) is 96.8 Å². The monoisotopic (exact) mass is 442 g/mol. The van der Waals surface area contributed by atoms with Gasteiger partial charge in [0.1, 0.15) is 5.75 Å². The number of benzene rings is 2. The molecular formula is C25H22N4O2S. The van der Waals surface area contributed by atoms with Crippen LogP contribution in [0.5, 0.6) is 5.75 Å². The molecule has 2 unspecified atom stereocenters. The van der Waals surface area contributed by atoms with Gasteiger partial charge in [-0.05, 0) is 45.0 Å². The molecule has 0 fully saturated rings. The fourth-order valence-electron chi connectivity index (χ4n) is 4.75. The summed E-state index contributed by atoms with van der Waals surface area (Å²) in [5.74, 6) is 0.806. The van der Waals surface area contributed by atoms with E-state index >= 15 is 0 Å². The highest BCUT2D eigenvalue weighted by Gasteiger charge is 2.42. The molecule has 0 saturated heterocycles. The Bertz CT molecular complexity index is 1550. The van der Waals surface area contributed by atoms with E-state index in [9.17, 15) is 4.79 Å². The molecule has 4 aromatic rings. The van der Waals surface area contributed by atoms with Gasteiger partial charge in [0.15, 0.2) is 4.80 Å². The van der Waals surface area contributed by atoms with Crippen molar-refractivity contribution in [2.45, 2.75) is 39.0 Å². The first-order chi connectivity index (χ1) is 15.4. The van der Waals surface area contributed by atoms with Crippen molar-refractivity contribution in [3.8, 4) is 11.4 Å². The minimum Gasteiger partial charge on any atom is -0.466 e. The second-order valence-electron chi connectivity index (χ2n) is 8.55. The van der Waals surface area contributed by atoms with Gasteiger partial charge in [-0.1, -0.05) is 47.7 Å². The third-order valence-corrected chi connectivity index (χ3v) is 7.27. The summed E-state index contributed by atoms with van der Waals surface area (Å²) in [5.41, 5.74) is 4.23. The van der Waals surface area contributed by atoms with E-state index in [1.165, 1.54) is 11.3 Å².